The molecule has 0 spiro atoms. The molecule has 1 unspecified atom stereocenters. The first-order chi connectivity index (χ1) is 11.4. The van der Waals surface area contributed by atoms with Gasteiger partial charge in [0.05, 0.1) is 18.5 Å². The smallest absolute Gasteiger partial charge is 0.336 e. The second-order valence-corrected chi connectivity index (χ2v) is 6.13. The molecule has 0 N–H and O–H groups in total. The summed E-state index contributed by atoms with van der Waals surface area (Å²) in [5, 5.41) is 0. The number of ether oxygens (including phenoxy) is 1. The average Bonchev–Trinajstić information content (AvgIpc) is 2.78. The molecule has 2 aromatic rings. The van der Waals surface area contributed by atoms with Gasteiger partial charge in [-0.1, -0.05) is 6.07 Å². The van der Waals surface area contributed by atoms with Gasteiger partial charge in [-0.3, -0.25) is 14.7 Å². The fourth-order valence-electron chi connectivity index (χ4n) is 3.17. The maximum Gasteiger partial charge on any atom is 0.336 e. The van der Waals surface area contributed by atoms with Gasteiger partial charge in [-0.15, -0.1) is 0 Å². The number of hydrogen-bond acceptors (Lipinski definition) is 4. The van der Waals surface area contributed by atoms with Crippen LogP contribution in [-0.2, 0) is 15.1 Å². The van der Waals surface area contributed by atoms with E-state index >= 15 is 0 Å². The second-order valence-electron chi connectivity index (χ2n) is 6.13. The number of carbonyl (C=O) groups excluding carboxylic acids is 2. The topological polar surface area (TPSA) is 59.5 Å². The molecular formula is C19H20N2O3. The number of benzene rings is 1. The number of aromatic nitrogens is 1. The van der Waals surface area contributed by atoms with Crippen LogP contribution in [0.4, 0.5) is 5.69 Å². The van der Waals surface area contributed by atoms with Crippen LogP contribution in [0, 0.1) is 13.8 Å². The van der Waals surface area contributed by atoms with Crippen molar-refractivity contribution in [2.45, 2.75) is 33.2 Å². The van der Waals surface area contributed by atoms with Gasteiger partial charge in [0.2, 0.25) is 0 Å². The van der Waals surface area contributed by atoms with Crippen LogP contribution in [0.25, 0.3) is 0 Å². The molecule has 0 saturated heterocycles. The molecule has 1 aliphatic heterocycles. The van der Waals surface area contributed by atoms with Gasteiger partial charge in [-0.05, 0) is 57.0 Å². The number of pyridine rings is 1. The minimum absolute atomic E-state index is 0.211. The quantitative estimate of drug-likeness (QED) is 0.814. The Morgan fingerprint density at radius 1 is 1.29 bits per heavy atom. The highest BCUT2D eigenvalue weighted by Crippen LogP contribution is 2.43. The summed E-state index contributed by atoms with van der Waals surface area (Å²) in [4.78, 5) is 31.5. The van der Waals surface area contributed by atoms with Gasteiger partial charge in [0.1, 0.15) is 0 Å². The SMILES string of the molecule is CCOC(=O)C1(C)c2cc(C)c(C)cc2C(=O)N1c1cccnc1. The van der Waals surface area contributed by atoms with Crippen LogP contribution < -0.4 is 4.90 Å². The van der Waals surface area contributed by atoms with Crippen molar-refractivity contribution in [3.63, 3.8) is 0 Å². The van der Waals surface area contributed by atoms with Gasteiger partial charge in [-0.2, -0.15) is 0 Å². The van der Waals surface area contributed by atoms with Crippen molar-refractivity contribution in [2.24, 2.45) is 0 Å². The first-order valence-electron chi connectivity index (χ1n) is 7.94. The number of amides is 1. The van der Waals surface area contributed by atoms with E-state index in [2.05, 4.69) is 4.98 Å². The third-order valence-corrected chi connectivity index (χ3v) is 4.62. The highest BCUT2D eigenvalue weighted by Gasteiger charge is 2.53. The van der Waals surface area contributed by atoms with Crippen molar-refractivity contribution in [3.8, 4) is 0 Å². The number of fused-ring (bicyclic) bond motifs is 1. The van der Waals surface area contributed by atoms with E-state index in [0.717, 1.165) is 11.1 Å². The third-order valence-electron chi connectivity index (χ3n) is 4.62. The van der Waals surface area contributed by atoms with Crippen LogP contribution in [-0.4, -0.2) is 23.5 Å². The number of esters is 1. The molecule has 0 aliphatic carbocycles. The molecular weight excluding hydrogens is 304 g/mol. The number of nitrogens with zero attached hydrogens (tertiary/aromatic N) is 2. The highest BCUT2D eigenvalue weighted by molar-refractivity contribution is 6.17. The molecule has 1 aromatic carbocycles. The van der Waals surface area contributed by atoms with E-state index in [9.17, 15) is 9.59 Å². The van der Waals surface area contributed by atoms with Crippen LogP contribution in [0.5, 0.6) is 0 Å². The Balaban J connectivity index is 2.26. The fraction of sp³-hybridized carbons (Fsp3) is 0.316. The van der Waals surface area contributed by atoms with E-state index < -0.39 is 11.5 Å². The van der Waals surface area contributed by atoms with Crippen molar-refractivity contribution in [1.29, 1.82) is 0 Å². The molecule has 1 atom stereocenters. The predicted molar refractivity (Wildman–Crippen MR) is 90.9 cm³/mol. The van der Waals surface area contributed by atoms with Gasteiger partial charge in [0.15, 0.2) is 5.54 Å². The predicted octanol–water partition coefficient (Wildman–Crippen LogP) is 3.14. The van der Waals surface area contributed by atoms with E-state index in [4.69, 9.17) is 4.74 Å². The fourth-order valence-corrected chi connectivity index (χ4v) is 3.17. The molecule has 1 aromatic heterocycles. The minimum Gasteiger partial charge on any atom is -0.464 e. The summed E-state index contributed by atoms with van der Waals surface area (Å²) < 4.78 is 5.30. The van der Waals surface area contributed by atoms with E-state index in [1.54, 1.807) is 38.4 Å². The molecule has 1 amide bonds. The minimum atomic E-state index is -1.20. The number of anilines is 1. The maximum absolute atomic E-state index is 13.1. The van der Waals surface area contributed by atoms with Gasteiger partial charge in [0.25, 0.3) is 5.91 Å². The Morgan fingerprint density at radius 2 is 2.00 bits per heavy atom. The molecule has 3 rings (SSSR count). The lowest BCUT2D eigenvalue weighted by Gasteiger charge is -2.33. The number of rotatable bonds is 3. The molecule has 0 radical (unpaired) electrons. The van der Waals surface area contributed by atoms with E-state index in [-0.39, 0.29) is 12.5 Å². The van der Waals surface area contributed by atoms with Crippen molar-refractivity contribution >= 4 is 17.6 Å². The molecule has 0 bridgehead atoms. The lowest BCUT2D eigenvalue weighted by atomic mass is 9.88. The number of aryl methyl sites for hydroxylation is 2. The van der Waals surface area contributed by atoms with Crippen LogP contribution in [0.1, 0.15) is 40.9 Å². The maximum atomic E-state index is 13.1. The van der Waals surface area contributed by atoms with Crippen molar-refractivity contribution in [1.82, 2.24) is 4.98 Å². The molecule has 0 saturated carbocycles. The van der Waals surface area contributed by atoms with Gasteiger partial charge >= 0.3 is 5.97 Å². The van der Waals surface area contributed by atoms with E-state index in [1.165, 1.54) is 4.90 Å². The van der Waals surface area contributed by atoms with Crippen LogP contribution in [0.3, 0.4) is 0 Å². The monoisotopic (exact) mass is 324 g/mol. The first kappa shape index (κ1) is 16.2. The summed E-state index contributed by atoms with van der Waals surface area (Å²) in [5.41, 5.74) is 2.63. The molecule has 124 valence electrons. The third kappa shape index (κ3) is 2.19. The van der Waals surface area contributed by atoms with E-state index in [1.807, 2.05) is 26.0 Å². The normalized spacial score (nSPS) is 19.3. The Hall–Kier alpha value is -2.69. The van der Waals surface area contributed by atoms with Crippen LogP contribution in [0.2, 0.25) is 0 Å². The van der Waals surface area contributed by atoms with Gasteiger partial charge in [-0.25, -0.2) is 4.79 Å². The number of hydrogen-bond donors (Lipinski definition) is 0. The lowest BCUT2D eigenvalue weighted by Crippen LogP contribution is -2.48. The average molecular weight is 324 g/mol. The molecule has 1 aliphatic rings. The summed E-state index contributed by atoms with van der Waals surface area (Å²) in [6.45, 7) is 7.67. The molecule has 5 heteroatoms. The molecule has 24 heavy (non-hydrogen) atoms. The largest absolute Gasteiger partial charge is 0.464 e. The van der Waals surface area contributed by atoms with Gasteiger partial charge < -0.3 is 4.74 Å². The van der Waals surface area contributed by atoms with Crippen molar-refractivity contribution < 1.29 is 14.3 Å². The van der Waals surface area contributed by atoms with Crippen LogP contribution in [0.15, 0.2) is 36.7 Å². The second kappa shape index (κ2) is 5.74. The molecule has 5 nitrogen and oxygen atoms in total. The summed E-state index contributed by atoms with van der Waals surface area (Å²) in [6, 6.07) is 7.28. The summed E-state index contributed by atoms with van der Waals surface area (Å²) >= 11 is 0. The van der Waals surface area contributed by atoms with Crippen molar-refractivity contribution in [2.75, 3.05) is 11.5 Å². The summed E-state index contributed by atoms with van der Waals surface area (Å²) in [7, 11) is 0. The zero-order valence-corrected chi connectivity index (χ0v) is 14.3. The summed E-state index contributed by atoms with van der Waals surface area (Å²) in [6.07, 6.45) is 3.22. The number of carbonyl (C=O) groups is 2. The standard InChI is InChI=1S/C19H20N2O3/c1-5-24-18(23)19(4)16-10-13(3)12(2)9-15(16)17(22)21(19)14-7-6-8-20-11-14/h6-11H,5H2,1-4H3. The Bertz CT molecular complexity index is 817. The Kier molecular flexibility index (Phi) is 3.87. The zero-order valence-electron chi connectivity index (χ0n) is 14.3. The lowest BCUT2D eigenvalue weighted by molar-refractivity contribution is -0.149. The van der Waals surface area contributed by atoms with Gasteiger partial charge in [0, 0.05) is 17.3 Å². The van der Waals surface area contributed by atoms with E-state index in [0.29, 0.717) is 16.8 Å². The molecule has 0 fully saturated rings. The first-order valence-corrected chi connectivity index (χ1v) is 7.94. The van der Waals surface area contributed by atoms with Crippen LogP contribution >= 0.6 is 0 Å². The highest BCUT2D eigenvalue weighted by atomic mass is 16.5. The van der Waals surface area contributed by atoms with Crippen molar-refractivity contribution in [3.05, 3.63) is 58.9 Å². The zero-order chi connectivity index (χ0) is 17.5. The Morgan fingerprint density at radius 3 is 2.62 bits per heavy atom. The molecule has 2 heterocycles. The Labute approximate surface area is 141 Å². The summed E-state index contributed by atoms with van der Waals surface area (Å²) in [5.74, 6) is -0.652.